The number of hydrogen-bond donors (Lipinski definition) is 2. The summed E-state index contributed by atoms with van der Waals surface area (Å²) in [6.07, 6.45) is -2.58. The molecule has 0 spiro atoms. The molecular weight excluding hydrogens is 271 g/mol. The quantitative estimate of drug-likeness (QED) is 0.879. The van der Waals surface area contributed by atoms with Crippen molar-refractivity contribution in [3.05, 3.63) is 35.4 Å². The van der Waals surface area contributed by atoms with Crippen molar-refractivity contribution < 1.29 is 23.1 Å². The Morgan fingerprint density at radius 1 is 1.20 bits per heavy atom. The first-order valence-corrected chi connectivity index (χ1v) is 6.42. The first kappa shape index (κ1) is 14.8. The number of carbonyl (C=O) groups is 1. The second-order valence-corrected chi connectivity index (χ2v) is 5.30. The molecule has 1 aliphatic carbocycles. The van der Waals surface area contributed by atoms with Crippen LogP contribution in [0.15, 0.2) is 24.3 Å². The van der Waals surface area contributed by atoms with Crippen LogP contribution in [0, 0.1) is 0 Å². The van der Waals surface area contributed by atoms with E-state index in [0.717, 1.165) is 12.1 Å². The van der Waals surface area contributed by atoms with Crippen molar-refractivity contribution in [1.29, 1.82) is 0 Å². The molecule has 0 heterocycles. The fourth-order valence-corrected chi connectivity index (χ4v) is 2.74. The summed E-state index contributed by atoms with van der Waals surface area (Å²) in [7, 11) is 0. The van der Waals surface area contributed by atoms with Crippen LogP contribution >= 0.6 is 0 Å². The van der Waals surface area contributed by atoms with E-state index >= 15 is 0 Å². The number of benzene rings is 1. The van der Waals surface area contributed by atoms with E-state index < -0.39 is 23.1 Å². The Hall–Kier alpha value is -1.56. The van der Waals surface area contributed by atoms with E-state index in [1.54, 1.807) is 0 Å². The molecule has 2 rings (SSSR count). The van der Waals surface area contributed by atoms with Crippen molar-refractivity contribution in [3.63, 3.8) is 0 Å². The molecule has 0 amide bonds. The van der Waals surface area contributed by atoms with Gasteiger partial charge in [-0.15, -0.1) is 0 Å². The molecule has 1 aromatic rings. The average Bonchev–Trinajstić information content (AvgIpc) is 2.39. The molecule has 0 bridgehead atoms. The maximum absolute atomic E-state index is 12.5. The van der Waals surface area contributed by atoms with E-state index in [4.69, 9.17) is 5.73 Å². The van der Waals surface area contributed by atoms with Crippen molar-refractivity contribution in [2.45, 2.75) is 43.3 Å². The maximum atomic E-state index is 12.5. The number of carboxylic acids is 1. The molecule has 1 fully saturated rings. The third-order valence-corrected chi connectivity index (χ3v) is 4.06. The van der Waals surface area contributed by atoms with Gasteiger partial charge in [-0.2, -0.15) is 13.2 Å². The Morgan fingerprint density at radius 2 is 1.70 bits per heavy atom. The van der Waals surface area contributed by atoms with Gasteiger partial charge in [0, 0.05) is 6.04 Å². The van der Waals surface area contributed by atoms with E-state index in [1.165, 1.54) is 12.1 Å². The van der Waals surface area contributed by atoms with Gasteiger partial charge in [0.2, 0.25) is 0 Å². The number of carboxylic acid groups (broad SMARTS) is 1. The third kappa shape index (κ3) is 2.65. The fourth-order valence-electron chi connectivity index (χ4n) is 2.74. The van der Waals surface area contributed by atoms with Gasteiger partial charge in [-0.1, -0.05) is 12.1 Å². The first-order chi connectivity index (χ1) is 9.25. The van der Waals surface area contributed by atoms with E-state index in [1.807, 2.05) is 0 Å². The number of rotatable bonds is 2. The van der Waals surface area contributed by atoms with Crippen LogP contribution < -0.4 is 5.73 Å². The van der Waals surface area contributed by atoms with Crippen LogP contribution in [-0.2, 0) is 16.4 Å². The van der Waals surface area contributed by atoms with Crippen molar-refractivity contribution in [3.8, 4) is 0 Å². The molecule has 110 valence electrons. The van der Waals surface area contributed by atoms with Gasteiger partial charge in [0.15, 0.2) is 0 Å². The fraction of sp³-hybridized carbons (Fsp3) is 0.500. The highest BCUT2D eigenvalue weighted by atomic mass is 19.4. The summed E-state index contributed by atoms with van der Waals surface area (Å²) in [4.78, 5) is 11.6. The van der Waals surface area contributed by atoms with E-state index in [-0.39, 0.29) is 6.04 Å². The molecule has 20 heavy (non-hydrogen) atoms. The van der Waals surface area contributed by atoms with Gasteiger partial charge in [0.1, 0.15) is 0 Å². The van der Waals surface area contributed by atoms with Crippen LogP contribution in [0.4, 0.5) is 13.2 Å². The second-order valence-electron chi connectivity index (χ2n) is 5.30. The first-order valence-electron chi connectivity index (χ1n) is 6.42. The zero-order chi connectivity index (χ0) is 15.0. The van der Waals surface area contributed by atoms with Gasteiger partial charge in [-0.3, -0.25) is 4.79 Å². The lowest BCUT2D eigenvalue weighted by Crippen LogP contribution is -2.42. The molecule has 0 aromatic heterocycles. The summed E-state index contributed by atoms with van der Waals surface area (Å²) in [5, 5.41) is 9.49. The van der Waals surface area contributed by atoms with Crippen LogP contribution in [-0.4, -0.2) is 17.1 Å². The topological polar surface area (TPSA) is 63.3 Å². The largest absolute Gasteiger partial charge is 0.481 e. The van der Waals surface area contributed by atoms with Crippen molar-refractivity contribution in [2.24, 2.45) is 5.73 Å². The molecule has 6 heteroatoms. The minimum absolute atomic E-state index is 0.0306. The highest BCUT2D eigenvalue weighted by Crippen LogP contribution is 2.40. The summed E-state index contributed by atoms with van der Waals surface area (Å²) < 4.78 is 37.6. The summed E-state index contributed by atoms with van der Waals surface area (Å²) in [6, 6.07) is 4.39. The second kappa shape index (κ2) is 5.09. The van der Waals surface area contributed by atoms with Gasteiger partial charge in [0.05, 0.1) is 11.0 Å². The molecule has 0 aliphatic heterocycles. The normalized spacial score (nSPS) is 27.3. The Labute approximate surface area is 114 Å². The standard InChI is InChI=1S/C14H16F3NO2/c15-14(16,17)10-3-1-9(2-4-10)13(12(19)20)7-5-11(18)6-8-13/h1-4,11H,5-8,18H2,(H,19,20). The molecule has 0 unspecified atom stereocenters. The number of halogens is 3. The number of alkyl halides is 3. The summed E-state index contributed by atoms with van der Waals surface area (Å²) in [6.45, 7) is 0. The molecule has 1 aromatic carbocycles. The van der Waals surface area contributed by atoms with Crippen molar-refractivity contribution in [1.82, 2.24) is 0 Å². The zero-order valence-corrected chi connectivity index (χ0v) is 10.8. The van der Waals surface area contributed by atoms with Crippen LogP contribution in [0.25, 0.3) is 0 Å². The molecule has 1 aliphatic rings. The van der Waals surface area contributed by atoms with E-state index in [9.17, 15) is 23.1 Å². The minimum atomic E-state index is -4.41. The Balaban J connectivity index is 2.34. The van der Waals surface area contributed by atoms with Gasteiger partial charge in [-0.05, 0) is 43.4 Å². The monoisotopic (exact) mass is 287 g/mol. The van der Waals surface area contributed by atoms with E-state index in [0.29, 0.717) is 31.2 Å². The third-order valence-electron chi connectivity index (χ3n) is 4.06. The molecular formula is C14H16F3NO2. The lowest BCUT2D eigenvalue weighted by Gasteiger charge is -2.36. The molecule has 3 N–H and O–H groups in total. The highest BCUT2D eigenvalue weighted by Gasteiger charge is 2.43. The smallest absolute Gasteiger partial charge is 0.416 e. The van der Waals surface area contributed by atoms with Crippen molar-refractivity contribution in [2.75, 3.05) is 0 Å². The Kier molecular flexibility index (Phi) is 3.77. The SMILES string of the molecule is NC1CCC(C(=O)O)(c2ccc(C(F)(F)F)cc2)CC1. The average molecular weight is 287 g/mol. The molecule has 3 nitrogen and oxygen atoms in total. The van der Waals surface area contributed by atoms with Crippen LogP contribution in [0.5, 0.6) is 0 Å². The summed E-state index contributed by atoms with van der Waals surface area (Å²) in [5.74, 6) is -0.996. The van der Waals surface area contributed by atoms with Gasteiger partial charge in [0.25, 0.3) is 0 Å². The Bertz CT molecular complexity index is 488. The Morgan fingerprint density at radius 3 is 2.10 bits per heavy atom. The van der Waals surface area contributed by atoms with Crippen LogP contribution in [0.2, 0.25) is 0 Å². The predicted octanol–water partition coefficient (Wildman–Crippen LogP) is 2.93. The lowest BCUT2D eigenvalue weighted by molar-refractivity contribution is -0.145. The van der Waals surface area contributed by atoms with E-state index in [2.05, 4.69) is 0 Å². The highest BCUT2D eigenvalue weighted by molar-refractivity contribution is 5.81. The molecule has 1 saturated carbocycles. The molecule has 0 radical (unpaired) electrons. The number of nitrogens with two attached hydrogens (primary N) is 1. The summed E-state index contributed by atoms with van der Waals surface area (Å²) in [5.41, 5.74) is 4.31. The minimum Gasteiger partial charge on any atom is -0.481 e. The zero-order valence-electron chi connectivity index (χ0n) is 10.8. The lowest BCUT2D eigenvalue weighted by atomic mass is 9.68. The maximum Gasteiger partial charge on any atom is 0.416 e. The van der Waals surface area contributed by atoms with Crippen molar-refractivity contribution >= 4 is 5.97 Å². The van der Waals surface area contributed by atoms with Crippen LogP contribution in [0.3, 0.4) is 0 Å². The summed E-state index contributed by atoms with van der Waals surface area (Å²) >= 11 is 0. The molecule has 0 saturated heterocycles. The number of hydrogen-bond acceptors (Lipinski definition) is 2. The number of aliphatic carboxylic acids is 1. The predicted molar refractivity (Wildman–Crippen MR) is 67.2 cm³/mol. The van der Waals surface area contributed by atoms with Gasteiger partial charge in [-0.25, -0.2) is 0 Å². The van der Waals surface area contributed by atoms with Gasteiger partial charge < -0.3 is 10.8 Å². The van der Waals surface area contributed by atoms with Gasteiger partial charge >= 0.3 is 12.1 Å². The molecule has 0 atom stereocenters. The van der Waals surface area contributed by atoms with Crippen LogP contribution in [0.1, 0.15) is 36.8 Å².